The number of ether oxygens (including phenoxy) is 1. The molecule has 9 heteroatoms. The first-order chi connectivity index (χ1) is 12.5. The fourth-order valence-electron chi connectivity index (χ4n) is 3.73. The van der Waals surface area contributed by atoms with E-state index in [1.807, 2.05) is 23.1 Å². The van der Waals surface area contributed by atoms with E-state index < -0.39 is 12.0 Å². The van der Waals surface area contributed by atoms with Crippen LogP contribution in [0.25, 0.3) is 0 Å². The van der Waals surface area contributed by atoms with Gasteiger partial charge in [0.1, 0.15) is 12.4 Å². The van der Waals surface area contributed by atoms with Gasteiger partial charge in [0.25, 0.3) is 0 Å². The molecule has 0 aliphatic carbocycles. The number of hydrogen-bond donors (Lipinski definition) is 2. The summed E-state index contributed by atoms with van der Waals surface area (Å²) in [6.07, 6.45) is 0.275. The number of rotatable bonds is 3. The number of nitrogens with one attached hydrogen (secondary N) is 1. The lowest BCUT2D eigenvalue weighted by molar-refractivity contribution is -0.138. The zero-order chi connectivity index (χ0) is 18.3. The second-order valence-electron chi connectivity index (χ2n) is 6.69. The van der Waals surface area contributed by atoms with Crippen molar-refractivity contribution in [2.75, 3.05) is 49.1 Å². The normalized spacial score (nSPS) is 23.0. The van der Waals surface area contributed by atoms with Gasteiger partial charge < -0.3 is 14.7 Å². The Kier molecular flexibility index (Phi) is 4.15. The molecule has 3 aliphatic rings. The number of hydrogen-bond acceptors (Lipinski definition) is 6. The molecule has 0 spiro atoms. The average Bonchev–Trinajstić information content (AvgIpc) is 2.60. The molecule has 1 aromatic rings. The molecule has 2 saturated heterocycles. The fourth-order valence-corrected chi connectivity index (χ4v) is 3.73. The molecule has 0 bridgehead atoms. The van der Waals surface area contributed by atoms with Gasteiger partial charge in [-0.05, 0) is 12.1 Å². The molecule has 3 heterocycles. The van der Waals surface area contributed by atoms with E-state index in [0.29, 0.717) is 37.7 Å². The third kappa shape index (κ3) is 3.05. The summed E-state index contributed by atoms with van der Waals surface area (Å²) in [6, 6.07) is 5.29. The highest BCUT2D eigenvalue weighted by atomic mass is 16.5. The molecule has 2 N–H and O–H groups in total. The number of nitrogens with zero attached hydrogens (tertiary/aromatic N) is 3. The minimum Gasteiger partial charge on any atom is -0.489 e. The van der Waals surface area contributed by atoms with Crippen LogP contribution in [-0.2, 0) is 9.59 Å². The summed E-state index contributed by atoms with van der Waals surface area (Å²) in [6.45, 7) is 2.91. The summed E-state index contributed by atoms with van der Waals surface area (Å²) in [5, 5.41) is 11.3. The molecule has 138 valence electrons. The Balaban J connectivity index is 1.51. The summed E-state index contributed by atoms with van der Waals surface area (Å²) >= 11 is 0. The van der Waals surface area contributed by atoms with Crippen LogP contribution in [0.5, 0.6) is 5.75 Å². The SMILES string of the molecule is O=C(O)CN1CCN2c3ccc(N4CCC(=O)NC4=O)cc3OC[C@H]2C1. The minimum absolute atomic E-state index is 0.0406. The zero-order valence-corrected chi connectivity index (χ0v) is 14.2. The van der Waals surface area contributed by atoms with Crippen molar-refractivity contribution in [1.29, 1.82) is 0 Å². The number of carbonyl (C=O) groups excluding carboxylic acids is 2. The number of anilines is 2. The molecular weight excluding hydrogens is 340 g/mol. The molecule has 1 atom stereocenters. The van der Waals surface area contributed by atoms with E-state index in [1.165, 1.54) is 4.90 Å². The Morgan fingerprint density at radius 2 is 2.12 bits per heavy atom. The number of aliphatic carboxylic acids is 1. The van der Waals surface area contributed by atoms with Gasteiger partial charge in [0, 0.05) is 44.4 Å². The summed E-state index contributed by atoms with van der Waals surface area (Å²) in [5.74, 6) is -0.379. The van der Waals surface area contributed by atoms with Crippen LogP contribution in [0.3, 0.4) is 0 Å². The Bertz CT molecular complexity index is 768. The van der Waals surface area contributed by atoms with Crippen molar-refractivity contribution in [1.82, 2.24) is 10.2 Å². The number of fused-ring (bicyclic) bond motifs is 3. The molecular formula is C17H20N4O5. The quantitative estimate of drug-likeness (QED) is 0.788. The van der Waals surface area contributed by atoms with Crippen LogP contribution in [-0.4, -0.2) is 73.3 Å². The van der Waals surface area contributed by atoms with Gasteiger partial charge >= 0.3 is 12.0 Å². The predicted molar refractivity (Wildman–Crippen MR) is 92.6 cm³/mol. The highest BCUT2D eigenvalue weighted by Crippen LogP contribution is 2.38. The number of carbonyl (C=O) groups is 3. The lowest BCUT2D eigenvalue weighted by Gasteiger charge is -2.45. The second kappa shape index (κ2) is 6.49. The van der Waals surface area contributed by atoms with Crippen molar-refractivity contribution in [3.63, 3.8) is 0 Å². The zero-order valence-electron chi connectivity index (χ0n) is 14.2. The first kappa shape index (κ1) is 16.6. The number of carboxylic acids is 1. The van der Waals surface area contributed by atoms with Crippen LogP contribution in [0.15, 0.2) is 18.2 Å². The summed E-state index contributed by atoms with van der Waals surface area (Å²) in [5.41, 5.74) is 1.64. The lowest BCUT2D eigenvalue weighted by atomic mass is 10.1. The highest BCUT2D eigenvalue weighted by molar-refractivity contribution is 6.05. The van der Waals surface area contributed by atoms with Crippen molar-refractivity contribution in [3.05, 3.63) is 18.2 Å². The van der Waals surface area contributed by atoms with E-state index in [9.17, 15) is 14.4 Å². The first-order valence-corrected chi connectivity index (χ1v) is 8.60. The average molecular weight is 360 g/mol. The Labute approximate surface area is 150 Å². The minimum atomic E-state index is -0.821. The van der Waals surface area contributed by atoms with E-state index in [1.54, 1.807) is 0 Å². The molecule has 4 rings (SSSR count). The monoisotopic (exact) mass is 360 g/mol. The van der Waals surface area contributed by atoms with Gasteiger partial charge in [0.05, 0.1) is 18.3 Å². The number of carboxylic acid groups (broad SMARTS) is 1. The topological polar surface area (TPSA) is 102 Å². The van der Waals surface area contributed by atoms with Gasteiger partial charge in [-0.2, -0.15) is 0 Å². The van der Waals surface area contributed by atoms with E-state index in [2.05, 4.69) is 10.2 Å². The van der Waals surface area contributed by atoms with Gasteiger partial charge in [-0.25, -0.2) is 4.79 Å². The van der Waals surface area contributed by atoms with E-state index in [-0.39, 0.29) is 24.9 Å². The largest absolute Gasteiger partial charge is 0.489 e. The molecule has 9 nitrogen and oxygen atoms in total. The molecule has 2 fully saturated rings. The second-order valence-corrected chi connectivity index (χ2v) is 6.69. The van der Waals surface area contributed by atoms with Gasteiger partial charge in [-0.15, -0.1) is 0 Å². The van der Waals surface area contributed by atoms with Crippen molar-refractivity contribution < 1.29 is 24.2 Å². The summed E-state index contributed by atoms with van der Waals surface area (Å²) in [7, 11) is 0. The number of urea groups is 1. The smallest absolute Gasteiger partial charge is 0.328 e. The number of piperazine rings is 1. The first-order valence-electron chi connectivity index (χ1n) is 8.60. The molecule has 0 radical (unpaired) electrons. The van der Waals surface area contributed by atoms with Gasteiger partial charge in [0.2, 0.25) is 5.91 Å². The Morgan fingerprint density at radius 3 is 2.88 bits per heavy atom. The maximum Gasteiger partial charge on any atom is 0.328 e. The fraction of sp³-hybridized carbons (Fsp3) is 0.471. The number of amides is 3. The molecule has 1 aromatic carbocycles. The summed E-state index contributed by atoms with van der Waals surface area (Å²) in [4.78, 5) is 39.9. The maximum absolute atomic E-state index is 12.0. The molecule has 26 heavy (non-hydrogen) atoms. The van der Waals surface area contributed by atoms with Crippen molar-refractivity contribution in [3.8, 4) is 5.75 Å². The number of benzene rings is 1. The lowest BCUT2D eigenvalue weighted by Crippen LogP contribution is -2.58. The van der Waals surface area contributed by atoms with E-state index in [0.717, 1.165) is 12.2 Å². The molecule has 0 aromatic heterocycles. The van der Waals surface area contributed by atoms with Gasteiger partial charge in [0.15, 0.2) is 0 Å². The van der Waals surface area contributed by atoms with Crippen LogP contribution in [0.4, 0.5) is 16.2 Å². The Hall–Kier alpha value is -2.81. The molecule has 3 aliphatic heterocycles. The van der Waals surface area contributed by atoms with Crippen molar-refractivity contribution in [2.24, 2.45) is 0 Å². The molecule has 0 unspecified atom stereocenters. The van der Waals surface area contributed by atoms with E-state index in [4.69, 9.17) is 9.84 Å². The van der Waals surface area contributed by atoms with Crippen molar-refractivity contribution >= 4 is 29.3 Å². The standard InChI is InChI=1S/C17H20N4O5/c22-15-3-4-21(17(25)18-15)11-1-2-13-14(7-11)26-10-12-8-19(9-16(23)24)5-6-20(12)13/h1-2,7,12H,3-6,8-10H2,(H,23,24)(H,18,22,25)/t12-/m1/s1. The van der Waals surface area contributed by atoms with Gasteiger partial charge in [-0.1, -0.05) is 0 Å². The molecule has 0 saturated carbocycles. The third-order valence-corrected chi connectivity index (χ3v) is 4.98. The van der Waals surface area contributed by atoms with Crippen molar-refractivity contribution in [2.45, 2.75) is 12.5 Å². The molecule has 3 amide bonds. The van der Waals surface area contributed by atoms with Gasteiger partial charge in [-0.3, -0.25) is 24.7 Å². The van der Waals surface area contributed by atoms with Crippen LogP contribution in [0, 0.1) is 0 Å². The van der Waals surface area contributed by atoms with Crippen LogP contribution in [0.1, 0.15) is 6.42 Å². The van der Waals surface area contributed by atoms with Crippen LogP contribution in [0.2, 0.25) is 0 Å². The van der Waals surface area contributed by atoms with Crippen LogP contribution >= 0.6 is 0 Å². The maximum atomic E-state index is 12.0. The number of imide groups is 1. The van der Waals surface area contributed by atoms with Crippen LogP contribution < -0.4 is 19.9 Å². The predicted octanol–water partition coefficient (Wildman–Crippen LogP) is 0.101. The summed E-state index contributed by atoms with van der Waals surface area (Å²) < 4.78 is 5.89. The van der Waals surface area contributed by atoms with E-state index >= 15 is 0 Å². The third-order valence-electron chi connectivity index (χ3n) is 4.98. The highest BCUT2D eigenvalue weighted by Gasteiger charge is 2.34. The Morgan fingerprint density at radius 1 is 1.27 bits per heavy atom.